The number of nitriles is 1. The summed E-state index contributed by atoms with van der Waals surface area (Å²) < 4.78 is 5.02. The molecule has 0 spiro atoms. The summed E-state index contributed by atoms with van der Waals surface area (Å²) in [6, 6.07) is 8.27. The van der Waals surface area contributed by atoms with Crippen LogP contribution >= 0.6 is 0 Å². The van der Waals surface area contributed by atoms with Crippen molar-refractivity contribution in [3.63, 3.8) is 0 Å². The molecule has 19 heavy (non-hydrogen) atoms. The number of rotatable bonds is 3. The Morgan fingerprint density at radius 1 is 1.47 bits per heavy atom. The molecule has 0 radical (unpaired) electrons. The predicted octanol–water partition coefficient (Wildman–Crippen LogP) is 1.80. The maximum Gasteiger partial charge on any atom is 0.247 e. The van der Waals surface area contributed by atoms with E-state index in [0.29, 0.717) is 6.54 Å². The first-order valence-corrected chi connectivity index (χ1v) is 6.29. The van der Waals surface area contributed by atoms with Crippen LogP contribution < -0.4 is 0 Å². The third kappa shape index (κ3) is 2.47. The Labute approximate surface area is 113 Å². The van der Waals surface area contributed by atoms with Gasteiger partial charge in [0.2, 0.25) is 5.91 Å². The van der Waals surface area contributed by atoms with Crippen molar-refractivity contribution >= 4 is 5.91 Å². The molecule has 0 atom stereocenters. The second kappa shape index (κ2) is 5.02. The highest BCUT2D eigenvalue weighted by Gasteiger charge is 2.48. The van der Waals surface area contributed by atoms with Gasteiger partial charge in [0.25, 0.3) is 0 Å². The van der Waals surface area contributed by atoms with Crippen molar-refractivity contribution < 1.29 is 9.53 Å². The van der Waals surface area contributed by atoms with Gasteiger partial charge in [-0.1, -0.05) is 23.8 Å². The maximum absolute atomic E-state index is 12.3. The Morgan fingerprint density at radius 3 is 2.68 bits per heavy atom. The third-order valence-corrected chi connectivity index (χ3v) is 3.58. The molecule has 0 unspecified atom stereocenters. The van der Waals surface area contributed by atoms with Crippen molar-refractivity contribution in [2.24, 2.45) is 5.41 Å². The number of carbonyl (C=O) groups excluding carboxylic acids is 1. The molecule has 1 aliphatic heterocycles. The first-order chi connectivity index (χ1) is 8.98. The first kappa shape index (κ1) is 13.6. The summed E-state index contributed by atoms with van der Waals surface area (Å²) in [5.74, 6) is -0.151. The van der Waals surface area contributed by atoms with E-state index in [2.05, 4.69) is 24.3 Å². The van der Waals surface area contributed by atoms with Crippen LogP contribution in [0.25, 0.3) is 0 Å². The standard InChI is InChI=1S/C15H18N2O2/c1-11-4-5-12(2)13(6-11)7-17(3)14(18)15(8-16)9-19-10-15/h4-6H,7,9-10H2,1-3H3. The summed E-state index contributed by atoms with van der Waals surface area (Å²) in [7, 11) is 1.74. The summed E-state index contributed by atoms with van der Waals surface area (Å²) in [6.07, 6.45) is 0. The number of amides is 1. The number of hydrogen-bond donors (Lipinski definition) is 0. The molecule has 0 aromatic heterocycles. The molecule has 1 heterocycles. The molecule has 100 valence electrons. The monoisotopic (exact) mass is 258 g/mol. The second-order valence-electron chi connectivity index (χ2n) is 5.28. The number of aryl methyl sites for hydroxylation is 2. The molecule has 4 heteroatoms. The fourth-order valence-corrected chi connectivity index (χ4v) is 2.21. The maximum atomic E-state index is 12.3. The summed E-state index contributed by atoms with van der Waals surface area (Å²) in [6.45, 7) is 5.00. The molecule has 1 aromatic carbocycles. The van der Waals surface area contributed by atoms with E-state index in [1.807, 2.05) is 13.8 Å². The topological polar surface area (TPSA) is 53.3 Å². The summed E-state index contributed by atoms with van der Waals surface area (Å²) in [5.41, 5.74) is 2.47. The van der Waals surface area contributed by atoms with Crippen LogP contribution in [0.1, 0.15) is 16.7 Å². The highest BCUT2D eigenvalue weighted by atomic mass is 16.5. The highest BCUT2D eigenvalue weighted by molar-refractivity contribution is 5.86. The van der Waals surface area contributed by atoms with Crippen LogP contribution in [0.4, 0.5) is 0 Å². The van der Waals surface area contributed by atoms with Crippen LogP contribution in [0.2, 0.25) is 0 Å². The molecule has 1 aliphatic rings. The number of carbonyl (C=O) groups is 1. The van der Waals surface area contributed by atoms with E-state index in [1.165, 1.54) is 5.56 Å². The quantitative estimate of drug-likeness (QED) is 0.830. The lowest BCUT2D eigenvalue weighted by Gasteiger charge is -2.36. The average molecular weight is 258 g/mol. The van der Waals surface area contributed by atoms with Gasteiger partial charge in [-0.25, -0.2) is 0 Å². The van der Waals surface area contributed by atoms with Gasteiger partial charge in [-0.3, -0.25) is 4.79 Å². The van der Waals surface area contributed by atoms with E-state index in [1.54, 1.807) is 11.9 Å². The van der Waals surface area contributed by atoms with E-state index in [4.69, 9.17) is 10.00 Å². The molecular weight excluding hydrogens is 240 g/mol. The lowest BCUT2D eigenvalue weighted by molar-refractivity contribution is -0.160. The molecule has 0 N–H and O–H groups in total. The van der Waals surface area contributed by atoms with E-state index < -0.39 is 5.41 Å². The van der Waals surface area contributed by atoms with Crippen LogP contribution in [0.3, 0.4) is 0 Å². The average Bonchev–Trinajstić information content (AvgIpc) is 2.33. The van der Waals surface area contributed by atoms with Crippen molar-refractivity contribution in [1.82, 2.24) is 4.90 Å². The van der Waals surface area contributed by atoms with Gasteiger partial charge in [0.15, 0.2) is 5.41 Å². The van der Waals surface area contributed by atoms with E-state index in [9.17, 15) is 4.79 Å². The largest absolute Gasteiger partial charge is 0.377 e. The molecule has 1 amide bonds. The third-order valence-electron chi connectivity index (χ3n) is 3.58. The molecule has 0 saturated carbocycles. The Bertz CT molecular complexity index is 542. The van der Waals surface area contributed by atoms with Gasteiger partial charge in [0.1, 0.15) is 0 Å². The minimum atomic E-state index is -0.966. The zero-order chi connectivity index (χ0) is 14.0. The number of hydrogen-bond acceptors (Lipinski definition) is 3. The van der Waals surface area contributed by atoms with Crippen molar-refractivity contribution in [3.05, 3.63) is 34.9 Å². The van der Waals surface area contributed by atoms with Gasteiger partial charge < -0.3 is 9.64 Å². The van der Waals surface area contributed by atoms with Crippen molar-refractivity contribution in [3.8, 4) is 6.07 Å². The van der Waals surface area contributed by atoms with Crippen LogP contribution in [-0.4, -0.2) is 31.1 Å². The molecule has 1 saturated heterocycles. The van der Waals surface area contributed by atoms with E-state index in [0.717, 1.165) is 11.1 Å². The predicted molar refractivity (Wildman–Crippen MR) is 71.3 cm³/mol. The molecule has 1 aromatic rings. The molecule has 0 aliphatic carbocycles. The SMILES string of the molecule is Cc1ccc(C)c(CN(C)C(=O)C2(C#N)COC2)c1. The zero-order valence-electron chi connectivity index (χ0n) is 11.6. The smallest absolute Gasteiger partial charge is 0.247 e. The van der Waals surface area contributed by atoms with Crippen LogP contribution in [0, 0.1) is 30.6 Å². The summed E-state index contributed by atoms with van der Waals surface area (Å²) >= 11 is 0. The van der Waals surface area contributed by atoms with Gasteiger partial charge in [0.05, 0.1) is 19.3 Å². The van der Waals surface area contributed by atoms with Gasteiger partial charge in [-0.05, 0) is 25.0 Å². The van der Waals surface area contributed by atoms with Crippen LogP contribution in [-0.2, 0) is 16.1 Å². The van der Waals surface area contributed by atoms with Gasteiger partial charge in [0, 0.05) is 13.6 Å². The molecule has 4 nitrogen and oxygen atoms in total. The molecule has 0 bridgehead atoms. The van der Waals surface area contributed by atoms with Gasteiger partial charge in [-0.2, -0.15) is 5.26 Å². The van der Waals surface area contributed by atoms with Crippen molar-refractivity contribution in [2.75, 3.05) is 20.3 Å². The Kier molecular flexibility index (Phi) is 3.59. The molecular formula is C15H18N2O2. The van der Waals surface area contributed by atoms with E-state index >= 15 is 0 Å². The summed E-state index contributed by atoms with van der Waals surface area (Å²) in [5, 5.41) is 9.14. The van der Waals surface area contributed by atoms with Crippen LogP contribution in [0.5, 0.6) is 0 Å². The fourth-order valence-electron chi connectivity index (χ4n) is 2.21. The van der Waals surface area contributed by atoms with Gasteiger partial charge in [-0.15, -0.1) is 0 Å². The Hall–Kier alpha value is -1.86. The molecule has 2 rings (SSSR count). The first-order valence-electron chi connectivity index (χ1n) is 6.29. The minimum absolute atomic E-state index is 0.151. The molecule has 1 fully saturated rings. The van der Waals surface area contributed by atoms with E-state index in [-0.39, 0.29) is 19.1 Å². The normalized spacial score (nSPS) is 16.3. The van der Waals surface area contributed by atoms with Crippen LogP contribution in [0.15, 0.2) is 18.2 Å². The second-order valence-corrected chi connectivity index (χ2v) is 5.28. The minimum Gasteiger partial charge on any atom is -0.377 e. The number of nitrogens with zero attached hydrogens (tertiary/aromatic N) is 2. The fraction of sp³-hybridized carbons (Fsp3) is 0.467. The zero-order valence-corrected chi connectivity index (χ0v) is 11.6. The van der Waals surface area contributed by atoms with Crippen molar-refractivity contribution in [2.45, 2.75) is 20.4 Å². The van der Waals surface area contributed by atoms with Crippen molar-refractivity contribution in [1.29, 1.82) is 5.26 Å². The Morgan fingerprint density at radius 2 is 2.16 bits per heavy atom. The Balaban J connectivity index is 2.13. The lowest BCUT2D eigenvalue weighted by atomic mass is 9.86. The summed E-state index contributed by atoms with van der Waals surface area (Å²) in [4.78, 5) is 13.9. The lowest BCUT2D eigenvalue weighted by Crippen LogP contribution is -2.53. The number of ether oxygens (including phenoxy) is 1. The highest BCUT2D eigenvalue weighted by Crippen LogP contribution is 2.29. The number of benzene rings is 1. The van der Waals surface area contributed by atoms with Gasteiger partial charge >= 0.3 is 0 Å².